The van der Waals surface area contributed by atoms with Gasteiger partial charge in [0, 0.05) is 22.5 Å². The fourth-order valence-corrected chi connectivity index (χ4v) is 6.01. The van der Waals surface area contributed by atoms with E-state index in [0.29, 0.717) is 24.5 Å². The van der Waals surface area contributed by atoms with Crippen molar-refractivity contribution in [1.82, 2.24) is 15.0 Å². The molecule has 1 amide bonds. The molecule has 3 N–H and O–H groups in total. The van der Waals surface area contributed by atoms with E-state index < -0.39 is 28.0 Å². The maximum Gasteiger partial charge on any atom is 0.241 e. The minimum Gasteiger partial charge on any atom is -0.361 e. The van der Waals surface area contributed by atoms with E-state index in [1.54, 1.807) is 30.3 Å². The molecule has 3 aromatic carbocycles. The first-order valence-electron chi connectivity index (χ1n) is 12.3. The monoisotopic (exact) mass is 517 g/mol. The SMILES string of the molecule is CC[C@H](C)[C@H](NS(=O)(=O)c1cccc2ccccc12)C(=O)N[C@H](C=CC=O)Cc1c[nH]c2ccccc12. The molecule has 0 bridgehead atoms. The summed E-state index contributed by atoms with van der Waals surface area (Å²) in [5, 5.41) is 5.37. The van der Waals surface area contributed by atoms with Gasteiger partial charge in [-0.25, -0.2) is 8.42 Å². The zero-order chi connectivity index (χ0) is 26.4. The van der Waals surface area contributed by atoms with Crippen molar-refractivity contribution in [2.45, 2.75) is 43.7 Å². The van der Waals surface area contributed by atoms with Crippen LogP contribution in [0, 0.1) is 5.92 Å². The van der Waals surface area contributed by atoms with E-state index in [-0.39, 0.29) is 10.8 Å². The van der Waals surface area contributed by atoms with Crippen LogP contribution < -0.4 is 10.0 Å². The minimum absolute atomic E-state index is 0.128. The zero-order valence-corrected chi connectivity index (χ0v) is 21.7. The third-order valence-corrected chi connectivity index (χ3v) is 8.18. The van der Waals surface area contributed by atoms with Gasteiger partial charge in [-0.1, -0.05) is 80.9 Å². The number of aromatic nitrogens is 1. The Morgan fingerprint density at radius 1 is 1.00 bits per heavy atom. The van der Waals surface area contributed by atoms with Crippen LogP contribution >= 0.6 is 0 Å². The zero-order valence-electron chi connectivity index (χ0n) is 20.8. The topological polar surface area (TPSA) is 108 Å². The second-order valence-electron chi connectivity index (χ2n) is 9.16. The van der Waals surface area contributed by atoms with Crippen molar-refractivity contribution in [3.63, 3.8) is 0 Å². The van der Waals surface area contributed by atoms with Crippen molar-refractivity contribution >= 4 is 43.9 Å². The molecule has 0 spiro atoms. The number of hydrogen-bond acceptors (Lipinski definition) is 4. The number of H-pyrrole nitrogens is 1. The number of para-hydroxylation sites is 1. The number of sulfonamides is 1. The van der Waals surface area contributed by atoms with Crippen molar-refractivity contribution in [3.8, 4) is 0 Å². The number of fused-ring (bicyclic) bond motifs is 2. The molecule has 0 aliphatic carbocycles. The van der Waals surface area contributed by atoms with Crippen LogP contribution in [-0.2, 0) is 26.0 Å². The van der Waals surface area contributed by atoms with E-state index >= 15 is 0 Å². The molecule has 0 saturated carbocycles. The van der Waals surface area contributed by atoms with E-state index in [0.717, 1.165) is 21.9 Å². The van der Waals surface area contributed by atoms with Crippen LogP contribution in [0.5, 0.6) is 0 Å². The molecule has 3 atom stereocenters. The molecule has 192 valence electrons. The number of aldehydes is 1. The van der Waals surface area contributed by atoms with Gasteiger partial charge in [-0.15, -0.1) is 0 Å². The van der Waals surface area contributed by atoms with Gasteiger partial charge in [0.15, 0.2) is 0 Å². The van der Waals surface area contributed by atoms with Crippen molar-refractivity contribution in [1.29, 1.82) is 0 Å². The van der Waals surface area contributed by atoms with Gasteiger partial charge >= 0.3 is 0 Å². The molecular formula is C29H31N3O4S. The third-order valence-electron chi connectivity index (χ3n) is 6.68. The van der Waals surface area contributed by atoms with Crippen LogP contribution in [0.15, 0.2) is 90.0 Å². The van der Waals surface area contributed by atoms with Crippen LogP contribution in [0.25, 0.3) is 21.7 Å². The molecule has 0 radical (unpaired) electrons. The van der Waals surface area contributed by atoms with Crippen LogP contribution in [0.3, 0.4) is 0 Å². The van der Waals surface area contributed by atoms with Gasteiger partial charge in [-0.05, 0) is 41.5 Å². The summed E-state index contributed by atoms with van der Waals surface area (Å²) >= 11 is 0. The summed E-state index contributed by atoms with van der Waals surface area (Å²) < 4.78 is 29.6. The summed E-state index contributed by atoms with van der Waals surface area (Å²) in [4.78, 5) is 27.9. The molecule has 1 heterocycles. The Morgan fingerprint density at radius 2 is 1.70 bits per heavy atom. The number of rotatable bonds is 11. The van der Waals surface area contributed by atoms with Crippen LogP contribution in [-0.4, -0.2) is 37.7 Å². The Balaban J connectivity index is 1.60. The number of allylic oxidation sites excluding steroid dienone is 1. The molecular weight excluding hydrogens is 486 g/mol. The highest BCUT2D eigenvalue weighted by Gasteiger charge is 2.31. The van der Waals surface area contributed by atoms with Crippen molar-refractivity contribution in [3.05, 3.63) is 90.6 Å². The number of carbonyl (C=O) groups is 2. The first kappa shape index (κ1) is 26.3. The first-order chi connectivity index (χ1) is 17.8. The summed E-state index contributed by atoms with van der Waals surface area (Å²) in [6, 6.07) is 18.7. The lowest BCUT2D eigenvalue weighted by Gasteiger charge is -2.26. The van der Waals surface area contributed by atoms with Crippen molar-refractivity contribution in [2.24, 2.45) is 5.92 Å². The number of benzene rings is 3. The summed E-state index contributed by atoms with van der Waals surface area (Å²) in [7, 11) is -4.01. The Hall–Kier alpha value is -3.75. The van der Waals surface area contributed by atoms with Crippen LogP contribution in [0.4, 0.5) is 0 Å². The average molecular weight is 518 g/mol. The lowest BCUT2D eigenvalue weighted by atomic mass is 9.98. The largest absolute Gasteiger partial charge is 0.361 e. The summed E-state index contributed by atoms with van der Waals surface area (Å²) in [6.07, 6.45) is 6.53. The molecule has 0 aliphatic rings. The molecule has 0 fully saturated rings. The maximum absolute atomic E-state index is 13.5. The van der Waals surface area contributed by atoms with Gasteiger partial charge in [0.25, 0.3) is 0 Å². The second kappa shape index (κ2) is 11.5. The highest BCUT2D eigenvalue weighted by atomic mass is 32.2. The molecule has 7 nitrogen and oxygen atoms in total. The number of hydrogen-bond donors (Lipinski definition) is 3. The van der Waals surface area contributed by atoms with Gasteiger partial charge in [0.1, 0.15) is 12.3 Å². The Kier molecular flexibility index (Phi) is 8.21. The molecule has 0 unspecified atom stereocenters. The quantitative estimate of drug-likeness (QED) is 0.201. The van der Waals surface area contributed by atoms with Crippen LogP contribution in [0.1, 0.15) is 25.8 Å². The molecule has 0 aliphatic heterocycles. The predicted molar refractivity (Wildman–Crippen MR) is 147 cm³/mol. The predicted octanol–water partition coefficient (Wildman–Crippen LogP) is 4.50. The third kappa shape index (κ3) is 5.98. The smallest absolute Gasteiger partial charge is 0.241 e. The van der Waals surface area contributed by atoms with Gasteiger partial charge in [0.05, 0.1) is 10.9 Å². The number of nitrogens with one attached hydrogen (secondary N) is 3. The van der Waals surface area contributed by atoms with Crippen molar-refractivity contribution in [2.75, 3.05) is 0 Å². The van der Waals surface area contributed by atoms with Crippen LogP contribution in [0.2, 0.25) is 0 Å². The lowest BCUT2D eigenvalue weighted by Crippen LogP contribution is -2.52. The highest BCUT2D eigenvalue weighted by Crippen LogP contribution is 2.24. The number of aromatic amines is 1. The molecule has 4 rings (SSSR count). The van der Waals surface area contributed by atoms with Gasteiger partial charge in [-0.2, -0.15) is 4.72 Å². The summed E-state index contributed by atoms with van der Waals surface area (Å²) in [5.41, 5.74) is 1.95. The molecule has 1 aromatic heterocycles. The number of carbonyl (C=O) groups excluding carboxylic acids is 2. The summed E-state index contributed by atoms with van der Waals surface area (Å²) in [5.74, 6) is -0.716. The standard InChI is InChI=1S/C29H31N3O4S/c1-3-20(2)28(32-37(35,36)27-16-8-11-21-10-4-5-14-25(21)27)29(34)31-23(12-9-17-33)18-22-19-30-26-15-7-6-13-24(22)26/h4-17,19-20,23,28,30,32H,3,18H2,1-2H3,(H,31,34)/t20-,23+,28-/m0/s1. The Bertz CT molecular complexity index is 1540. The van der Waals surface area contributed by atoms with E-state index in [9.17, 15) is 18.0 Å². The normalized spacial score (nSPS) is 14.5. The molecule has 4 aromatic rings. The molecule has 37 heavy (non-hydrogen) atoms. The highest BCUT2D eigenvalue weighted by molar-refractivity contribution is 7.89. The van der Waals surface area contributed by atoms with Gasteiger partial charge in [-0.3, -0.25) is 9.59 Å². The van der Waals surface area contributed by atoms with E-state index in [2.05, 4.69) is 15.0 Å². The van der Waals surface area contributed by atoms with E-state index in [4.69, 9.17) is 0 Å². The van der Waals surface area contributed by atoms with Gasteiger partial charge < -0.3 is 10.3 Å². The lowest BCUT2D eigenvalue weighted by molar-refractivity contribution is -0.124. The number of amides is 1. The maximum atomic E-state index is 13.5. The Morgan fingerprint density at radius 3 is 2.46 bits per heavy atom. The fraction of sp³-hybridized carbons (Fsp3) is 0.241. The van der Waals surface area contributed by atoms with E-state index in [1.165, 1.54) is 6.08 Å². The molecule has 0 saturated heterocycles. The molecule has 8 heteroatoms. The Labute approximate surface area is 217 Å². The minimum atomic E-state index is -4.01. The summed E-state index contributed by atoms with van der Waals surface area (Å²) in [6.45, 7) is 3.75. The van der Waals surface area contributed by atoms with E-state index in [1.807, 2.05) is 62.5 Å². The average Bonchev–Trinajstić information content (AvgIpc) is 3.32. The van der Waals surface area contributed by atoms with Crippen molar-refractivity contribution < 1.29 is 18.0 Å². The van der Waals surface area contributed by atoms with Gasteiger partial charge in [0.2, 0.25) is 15.9 Å². The second-order valence-corrected chi connectivity index (χ2v) is 10.8. The first-order valence-corrected chi connectivity index (χ1v) is 13.8. The fourth-order valence-electron chi connectivity index (χ4n) is 4.48.